The van der Waals surface area contributed by atoms with Gasteiger partial charge in [0.15, 0.2) is 0 Å². The highest BCUT2D eigenvalue weighted by Crippen LogP contribution is 2.33. The van der Waals surface area contributed by atoms with Crippen LogP contribution >= 0.6 is 11.8 Å². The summed E-state index contributed by atoms with van der Waals surface area (Å²) < 4.78 is 0. The van der Waals surface area contributed by atoms with Gasteiger partial charge in [-0.2, -0.15) is 0 Å². The van der Waals surface area contributed by atoms with Crippen LogP contribution < -0.4 is 0 Å². The molecule has 0 aliphatic heterocycles. The Morgan fingerprint density at radius 1 is 1.00 bits per heavy atom. The first-order chi connectivity index (χ1) is 11.6. The zero-order valence-electron chi connectivity index (χ0n) is 14.6. The summed E-state index contributed by atoms with van der Waals surface area (Å²) in [6, 6.07) is 21.4. The van der Waals surface area contributed by atoms with E-state index < -0.39 is 0 Å². The number of para-hydroxylation sites is 1. The normalized spacial score (nSPS) is 12.7. The van der Waals surface area contributed by atoms with Crippen molar-refractivity contribution in [3.63, 3.8) is 0 Å². The molecule has 0 spiro atoms. The number of benzene rings is 2. The number of pyridine rings is 1. The van der Waals surface area contributed by atoms with E-state index in [0.29, 0.717) is 5.92 Å². The first-order valence-electron chi connectivity index (χ1n) is 8.37. The van der Waals surface area contributed by atoms with E-state index in [1.165, 1.54) is 16.5 Å². The van der Waals surface area contributed by atoms with Gasteiger partial charge in [0.05, 0.1) is 5.52 Å². The van der Waals surface area contributed by atoms with Gasteiger partial charge < -0.3 is 4.90 Å². The van der Waals surface area contributed by atoms with Crippen molar-refractivity contribution in [1.29, 1.82) is 0 Å². The van der Waals surface area contributed by atoms with Crippen LogP contribution in [0.4, 0.5) is 0 Å². The minimum Gasteiger partial charge on any atom is -0.309 e. The molecule has 1 unspecified atom stereocenters. The first kappa shape index (κ1) is 17.0. The molecule has 0 saturated carbocycles. The molecule has 0 N–H and O–H groups in total. The molecule has 0 amide bonds. The predicted molar refractivity (Wildman–Crippen MR) is 105 cm³/mol. The fraction of sp³-hybridized carbons (Fsp3) is 0.286. The van der Waals surface area contributed by atoms with Gasteiger partial charge in [0, 0.05) is 23.6 Å². The Morgan fingerprint density at radius 3 is 2.46 bits per heavy atom. The summed E-state index contributed by atoms with van der Waals surface area (Å²) in [5, 5.41) is 2.37. The Labute approximate surface area is 148 Å². The van der Waals surface area contributed by atoms with Gasteiger partial charge >= 0.3 is 0 Å². The lowest BCUT2D eigenvalue weighted by atomic mass is 9.93. The lowest BCUT2D eigenvalue weighted by molar-refractivity contribution is 0.437. The molecule has 0 bridgehead atoms. The Kier molecular flexibility index (Phi) is 5.54. The van der Waals surface area contributed by atoms with Crippen LogP contribution in [0, 0.1) is 0 Å². The number of aromatic nitrogens is 1. The summed E-state index contributed by atoms with van der Waals surface area (Å²) >= 11 is 1.86. The molecule has 0 aliphatic carbocycles. The molecule has 124 valence electrons. The fourth-order valence-corrected chi connectivity index (χ4v) is 4.00. The van der Waals surface area contributed by atoms with Crippen molar-refractivity contribution in [1.82, 2.24) is 9.88 Å². The van der Waals surface area contributed by atoms with Crippen molar-refractivity contribution >= 4 is 22.7 Å². The lowest BCUT2D eigenvalue weighted by Gasteiger charge is -2.18. The summed E-state index contributed by atoms with van der Waals surface area (Å²) in [4.78, 5) is 7.18. The van der Waals surface area contributed by atoms with E-state index in [-0.39, 0.29) is 0 Å². The molecule has 3 rings (SSSR count). The van der Waals surface area contributed by atoms with Gasteiger partial charge in [-0.25, -0.2) is 4.98 Å². The van der Waals surface area contributed by atoms with Crippen molar-refractivity contribution in [3.05, 3.63) is 71.8 Å². The van der Waals surface area contributed by atoms with Gasteiger partial charge in [0.1, 0.15) is 5.03 Å². The predicted octanol–water partition coefficient (Wildman–Crippen LogP) is 5.04. The third-order valence-electron chi connectivity index (χ3n) is 4.26. The summed E-state index contributed by atoms with van der Waals surface area (Å²) in [5.74, 6) is 1.39. The van der Waals surface area contributed by atoms with Crippen LogP contribution in [0.3, 0.4) is 0 Å². The van der Waals surface area contributed by atoms with E-state index in [4.69, 9.17) is 4.98 Å². The van der Waals surface area contributed by atoms with Crippen LogP contribution in [0.2, 0.25) is 0 Å². The Bertz CT molecular complexity index is 799. The minimum absolute atomic E-state index is 0.338. The van der Waals surface area contributed by atoms with Crippen molar-refractivity contribution in [2.24, 2.45) is 0 Å². The highest BCUT2D eigenvalue weighted by Gasteiger charge is 2.15. The maximum Gasteiger partial charge on any atom is 0.101 e. The van der Waals surface area contributed by atoms with Crippen LogP contribution in [0.25, 0.3) is 10.9 Å². The number of hydrogen-bond acceptors (Lipinski definition) is 3. The molecule has 2 nitrogen and oxygen atoms in total. The largest absolute Gasteiger partial charge is 0.309 e. The SMILES string of the molecule is CC(c1ccccc1)c1cc2ccccc2nc1SCCN(C)C. The molecule has 1 aromatic heterocycles. The maximum absolute atomic E-state index is 4.96. The monoisotopic (exact) mass is 336 g/mol. The molecule has 3 heteroatoms. The second-order valence-corrected chi connectivity index (χ2v) is 7.44. The Balaban J connectivity index is 1.99. The minimum atomic E-state index is 0.338. The lowest BCUT2D eigenvalue weighted by Crippen LogP contribution is -2.15. The van der Waals surface area contributed by atoms with E-state index in [1.807, 2.05) is 11.8 Å². The van der Waals surface area contributed by atoms with Crippen LogP contribution in [0.1, 0.15) is 24.0 Å². The van der Waals surface area contributed by atoms with Crippen molar-refractivity contribution < 1.29 is 0 Å². The quantitative estimate of drug-likeness (QED) is 0.587. The van der Waals surface area contributed by atoms with Crippen LogP contribution in [-0.2, 0) is 0 Å². The summed E-state index contributed by atoms with van der Waals surface area (Å²) in [6.45, 7) is 3.33. The molecule has 0 radical (unpaired) electrons. The summed E-state index contributed by atoms with van der Waals surface area (Å²) in [7, 11) is 4.23. The smallest absolute Gasteiger partial charge is 0.101 e. The second-order valence-electron chi connectivity index (χ2n) is 6.36. The van der Waals surface area contributed by atoms with E-state index >= 15 is 0 Å². The first-order valence-corrected chi connectivity index (χ1v) is 9.36. The number of fused-ring (bicyclic) bond motifs is 1. The number of nitrogens with zero attached hydrogens (tertiary/aromatic N) is 2. The highest BCUT2D eigenvalue weighted by atomic mass is 32.2. The molecule has 0 fully saturated rings. The summed E-state index contributed by atoms with van der Waals surface area (Å²) in [5.41, 5.74) is 3.74. The molecule has 0 saturated heterocycles. The molecule has 1 atom stereocenters. The van der Waals surface area contributed by atoms with Crippen LogP contribution in [0.15, 0.2) is 65.7 Å². The van der Waals surface area contributed by atoms with Crippen molar-refractivity contribution in [2.75, 3.05) is 26.4 Å². The number of rotatable bonds is 6. The van der Waals surface area contributed by atoms with E-state index in [2.05, 4.69) is 86.6 Å². The molecule has 0 aliphatic rings. The van der Waals surface area contributed by atoms with Gasteiger partial charge in [-0.05, 0) is 37.4 Å². The fourth-order valence-electron chi connectivity index (χ4n) is 2.79. The molecule has 24 heavy (non-hydrogen) atoms. The summed E-state index contributed by atoms with van der Waals surface area (Å²) in [6.07, 6.45) is 0. The maximum atomic E-state index is 4.96. The van der Waals surface area contributed by atoms with E-state index in [1.54, 1.807) is 0 Å². The van der Waals surface area contributed by atoms with Gasteiger partial charge in [0.2, 0.25) is 0 Å². The molecule has 2 aromatic carbocycles. The van der Waals surface area contributed by atoms with Gasteiger partial charge in [-0.1, -0.05) is 55.5 Å². The highest BCUT2D eigenvalue weighted by molar-refractivity contribution is 7.99. The van der Waals surface area contributed by atoms with Crippen molar-refractivity contribution in [3.8, 4) is 0 Å². The number of hydrogen-bond donors (Lipinski definition) is 0. The molecule has 3 aromatic rings. The zero-order chi connectivity index (χ0) is 16.9. The molecular formula is C21H24N2S. The third kappa shape index (κ3) is 3.97. The molecular weight excluding hydrogens is 312 g/mol. The van der Waals surface area contributed by atoms with Crippen molar-refractivity contribution in [2.45, 2.75) is 17.9 Å². The second kappa shape index (κ2) is 7.82. The Morgan fingerprint density at radius 2 is 1.71 bits per heavy atom. The molecule has 1 heterocycles. The van der Waals surface area contributed by atoms with E-state index in [0.717, 1.165) is 22.8 Å². The van der Waals surface area contributed by atoms with Gasteiger partial charge in [0.25, 0.3) is 0 Å². The van der Waals surface area contributed by atoms with Crippen LogP contribution in [-0.4, -0.2) is 36.3 Å². The van der Waals surface area contributed by atoms with Gasteiger partial charge in [-0.3, -0.25) is 0 Å². The van der Waals surface area contributed by atoms with E-state index in [9.17, 15) is 0 Å². The average Bonchev–Trinajstić information content (AvgIpc) is 2.61. The number of thioether (sulfide) groups is 1. The van der Waals surface area contributed by atoms with Gasteiger partial charge in [-0.15, -0.1) is 11.8 Å². The third-order valence-corrected chi connectivity index (χ3v) is 5.25. The Hall–Kier alpha value is -1.84. The standard InChI is InChI=1S/C21H24N2S/c1-16(17-9-5-4-6-10-17)19-15-18-11-7-8-12-20(18)22-21(19)24-14-13-23(2)3/h4-12,15-16H,13-14H2,1-3H3. The average molecular weight is 337 g/mol. The zero-order valence-corrected chi connectivity index (χ0v) is 15.4. The van der Waals surface area contributed by atoms with Crippen LogP contribution in [0.5, 0.6) is 0 Å². The topological polar surface area (TPSA) is 16.1 Å².